The van der Waals surface area contributed by atoms with Crippen molar-refractivity contribution in [2.45, 2.75) is 18.9 Å². The first kappa shape index (κ1) is 10.1. The number of halogens is 2. The van der Waals surface area contributed by atoms with Crippen LogP contribution in [0, 0.1) is 11.7 Å². The Balaban J connectivity index is 2.29. The quantitative estimate of drug-likeness (QED) is 0.877. The van der Waals surface area contributed by atoms with Crippen LogP contribution in [0.4, 0.5) is 4.39 Å². The summed E-state index contributed by atoms with van der Waals surface area (Å²) in [4.78, 5) is 0. The lowest BCUT2D eigenvalue weighted by molar-refractivity contribution is 0.524. The third-order valence-corrected chi connectivity index (χ3v) is 3.39. The molecule has 0 amide bonds. The van der Waals surface area contributed by atoms with Crippen molar-refractivity contribution in [1.82, 2.24) is 5.32 Å². The van der Waals surface area contributed by atoms with Crippen molar-refractivity contribution in [3.63, 3.8) is 0 Å². The molecule has 1 saturated carbocycles. The minimum absolute atomic E-state index is 0.189. The highest BCUT2D eigenvalue weighted by molar-refractivity contribution is 9.10. The van der Waals surface area contributed by atoms with E-state index in [4.69, 9.17) is 0 Å². The van der Waals surface area contributed by atoms with Crippen molar-refractivity contribution in [1.29, 1.82) is 0 Å². The minimum Gasteiger partial charge on any atom is -0.313 e. The minimum atomic E-state index is -0.189. The van der Waals surface area contributed by atoms with Crippen LogP contribution in [0.5, 0.6) is 0 Å². The second-order valence-corrected chi connectivity index (χ2v) is 4.62. The molecule has 1 nitrogen and oxygen atoms in total. The molecule has 1 aromatic rings. The molecule has 76 valence electrons. The Bertz CT molecular complexity index is 336. The molecule has 0 radical (unpaired) electrons. The topological polar surface area (TPSA) is 12.0 Å². The first-order chi connectivity index (χ1) is 6.72. The van der Waals surface area contributed by atoms with Gasteiger partial charge in [-0.1, -0.05) is 22.0 Å². The van der Waals surface area contributed by atoms with E-state index in [1.807, 2.05) is 13.1 Å². The van der Waals surface area contributed by atoms with Gasteiger partial charge < -0.3 is 5.32 Å². The molecule has 0 aromatic heterocycles. The second-order valence-electron chi connectivity index (χ2n) is 3.77. The highest BCUT2D eigenvalue weighted by atomic mass is 79.9. The van der Waals surface area contributed by atoms with E-state index in [0.29, 0.717) is 6.04 Å². The van der Waals surface area contributed by atoms with Gasteiger partial charge in [0.15, 0.2) is 0 Å². The zero-order chi connectivity index (χ0) is 10.1. The van der Waals surface area contributed by atoms with Crippen molar-refractivity contribution in [2.75, 3.05) is 7.05 Å². The van der Waals surface area contributed by atoms with Gasteiger partial charge in [-0.15, -0.1) is 0 Å². The number of benzene rings is 1. The zero-order valence-corrected chi connectivity index (χ0v) is 9.64. The van der Waals surface area contributed by atoms with Crippen LogP contribution in [0.3, 0.4) is 0 Å². The van der Waals surface area contributed by atoms with Crippen LogP contribution in [0.1, 0.15) is 24.4 Å². The fourth-order valence-corrected chi connectivity index (χ4v) is 2.43. The smallest absolute Gasteiger partial charge is 0.124 e. The van der Waals surface area contributed by atoms with Crippen LogP contribution in [-0.2, 0) is 0 Å². The summed E-state index contributed by atoms with van der Waals surface area (Å²) in [6.45, 7) is 0. The van der Waals surface area contributed by atoms with Crippen molar-refractivity contribution in [2.24, 2.45) is 5.92 Å². The molecule has 1 aliphatic carbocycles. The molecule has 2 rings (SSSR count). The van der Waals surface area contributed by atoms with Crippen molar-refractivity contribution < 1.29 is 4.39 Å². The van der Waals surface area contributed by atoms with E-state index in [-0.39, 0.29) is 5.82 Å². The summed E-state index contributed by atoms with van der Waals surface area (Å²) in [6.07, 6.45) is 2.55. The van der Waals surface area contributed by atoms with Crippen molar-refractivity contribution in [3.05, 3.63) is 34.1 Å². The van der Waals surface area contributed by atoms with E-state index in [1.54, 1.807) is 0 Å². The zero-order valence-electron chi connectivity index (χ0n) is 8.06. The molecule has 0 heterocycles. The standard InChI is InChI=1S/C11H13BrFN/c1-14-11(7-2-3-7)9-5-4-8(13)6-10(9)12/h4-7,11,14H,2-3H2,1H3. The molecule has 0 bridgehead atoms. The van der Waals surface area contributed by atoms with Gasteiger partial charge in [-0.05, 0) is 43.5 Å². The Morgan fingerprint density at radius 2 is 2.21 bits per heavy atom. The lowest BCUT2D eigenvalue weighted by Crippen LogP contribution is -2.18. The van der Waals surface area contributed by atoms with Crippen molar-refractivity contribution in [3.8, 4) is 0 Å². The molecule has 0 saturated heterocycles. The predicted octanol–water partition coefficient (Wildman–Crippen LogP) is 3.26. The Labute approximate surface area is 91.8 Å². The fourth-order valence-electron chi connectivity index (χ4n) is 1.83. The molecule has 1 aromatic carbocycles. The number of hydrogen-bond donors (Lipinski definition) is 1. The molecule has 1 unspecified atom stereocenters. The maximum absolute atomic E-state index is 12.9. The van der Waals surface area contributed by atoms with Gasteiger partial charge in [0.05, 0.1) is 0 Å². The summed E-state index contributed by atoms with van der Waals surface area (Å²) in [7, 11) is 1.96. The molecule has 14 heavy (non-hydrogen) atoms. The van der Waals surface area contributed by atoms with Gasteiger partial charge in [0.25, 0.3) is 0 Å². The first-order valence-electron chi connectivity index (χ1n) is 4.84. The van der Waals surface area contributed by atoms with Gasteiger partial charge in [-0.2, -0.15) is 0 Å². The summed E-state index contributed by atoms with van der Waals surface area (Å²) in [5.74, 6) is 0.535. The SMILES string of the molecule is CNC(c1ccc(F)cc1Br)C1CC1. The van der Waals surface area contributed by atoms with Crippen molar-refractivity contribution >= 4 is 15.9 Å². The molecule has 1 fully saturated rings. The van der Waals surface area contributed by atoms with Gasteiger partial charge >= 0.3 is 0 Å². The monoisotopic (exact) mass is 257 g/mol. The summed E-state index contributed by atoms with van der Waals surface area (Å²) in [6, 6.07) is 5.28. The molecular formula is C11H13BrFN. The van der Waals surface area contributed by atoms with E-state index >= 15 is 0 Å². The lowest BCUT2D eigenvalue weighted by Gasteiger charge is -2.17. The third-order valence-electron chi connectivity index (χ3n) is 2.70. The molecular weight excluding hydrogens is 245 g/mol. The summed E-state index contributed by atoms with van der Waals surface area (Å²) in [5, 5.41) is 3.29. The third kappa shape index (κ3) is 1.98. The van der Waals surface area contributed by atoms with E-state index in [1.165, 1.54) is 25.0 Å². The molecule has 3 heteroatoms. The van der Waals surface area contributed by atoms with E-state index in [0.717, 1.165) is 16.0 Å². The van der Waals surface area contributed by atoms with Crippen LogP contribution in [0.25, 0.3) is 0 Å². The Morgan fingerprint density at radius 3 is 2.71 bits per heavy atom. The van der Waals surface area contributed by atoms with E-state index in [9.17, 15) is 4.39 Å². The normalized spacial score (nSPS) is 18.2. The molecule has 1 N–H and O–H groups in total. The number of rotatable bonds is 3. The summed E-state index contributed by atoms with van der Waals surface area (Å²) >= 11 is 3.40. The van der Waals surface area contributed by atoms with Gasteiger partial charge in [0.2, 0.25) is 0 Å². The van der Waals surface area contributed by atoms with Crippen LogP contribution < -0.4 is 5.32 Å². The molecule has 0 aliphatic heterocycles. The average Bonchev–Trinajstić information content (AvgIpc) is 2.93. The van der Waals surface area contributed by atoms with Crippen LogP contribution in [-0.4, -0.2) is 7.05 Å². The molecule has 0 spiro atoms. The molecule has 1 atom stereocenters. The second kappa shape index (κ2) is 3.99. The lowest BCUT2D eigenvalue weighted by atomic mass is 10.0. The van der Waals surface area contributed by atoms with Crippen LogP contribution in [0.15, 0.2) is 22.7 Å². The number of hydrogen-bond acceptors (Lipinski definition) is 1. The van der Waals surface area contributed by atoms with Gasteiger partial charge in [-0.25, -0.2) is 4.39 Å². The maximum atomic E-state index is 12.9. The highest BCUT2D eigenvalue weighted by Gasteiger charge is 2.32. The Kier molecular flexibility index (Phi) is 2.88. The highest BCUT2D eigenvalue weighted by Crippen LogP contribution is 2.42. The Hall–Kier alpha value is -0.410. The molecule has 1 aliphatic rings. The maximum Gasteiger partial charge on any atom is 0.124 e. The predicted molar refractivity (Wildman–Crippen MR) is 58.6 cm³/mol. The fraction of sp³-hybridized carbons (Fsp3) is 0.455. The van der Waals surface area contributed by atoms with Gasteiger partial charge in [0.1, 0.15) is 5.82 Å². The van der Waals surface area contributed by atoms with Gasteiger partial charge in [-0.3, -0.25) is 0 Å². The number of nitrogens with one attached hydrogen (secondary N) is 1. The average molecular weight is 258 g/mol. The van der Waals surface area contributed by atoms with Crippen LogP contribution >= 0.6 is 15.9 Å². The van der Waals surface area contributed by atoms with E-state index in [2.05, 4.69) is 21.2 Å². The van der Waals surface area contributed by atoms with Crippen LogP contribution in [0.2, 0.25) is 0 Å². The summed E-state index contributed by atoms with van der Waals surface area (Å²) < 4.78 is 13.7. The summed E-state index contributed by atoms with van der Waals surface area (Å²) in [5.41, 5.74) is 1.16. The first-order valence-corrected chi connectivity index (χ1v) is 5.64. The largest absolute Gasteiger partial charge is 0.313 e. The van der Waals surface area contributed by atoms with Gasteiger partial charge in [0, 0.05) is 10.5 Å². The van der Waals surface area contributed by atoms with E-state index < -0.39 is 0 Å². The Morgan fingerprint density at radius 1 is 1.50 bits per heavy atom.